The second-order valence-electron chi connectivity index (χ2n) is 11.6. The molecule has 1 heterocycles. The molecule has 0 atom stereocenters. The summed E-state index contributed by atoms with van der Waals surface area (Å²) >= 11 is 0. The Morgan fingerprint density at radius 3 is 2.03 bits per heavy atom. The molecule has 2 fully saturated rings. The summed E-state index contributed by atoms with van der Waals surface area (Å²) in [6.07, 6.45) is 14.2. The minimum Gasteiger partial charge on any atom is -0.429 e. The molecule has 1 saturated carbocycles. The number of benzene rings is 2. The summed E-state index contributed by atoms with van der Waals surface area (Å²) in [5, 5.41) is 0. The van der Waals surface area contributed by atoms with Gasteiger partial charge in [-0.2, -0.15) is 8.78 Å². The minimum atomic E-state index is -3.35. The van der Waals surface area contributed by atoms with Gasteiger partial charge in [-0.25, -0.2) is 13.2 Å². The summed E-state index contributed by atoms with van der Waals surface area (Å²) in [4.78, 5) is 0. The highest BCUT2D eigenvalue weighted by atomic mass is 28.3. The van der Waals surface area contributed by atoms with Gasteiger partial charge in [0.2, 0.25) is 0 Å². The third-order valence-electron chi connectivity index (χ3n) is 8.99. The quantitative estimate of drug-likeness (QED) is 0.153. The Morgan fingerprint density at radius 2 is 1.45 bits per heavy atom. The molecule has 2 aromatic rings. The van der Waals surface area contributed by atoms with Gasteiger partial charge >= 0.3 is 6.61 Å². The number of ether oxygens (including phenoxy) is 1. The fourth-order valence-electron chi connectivity index (χ4n) is 6.68. The molecule has 38 heavy (non-hydrogen) atoms. The topological polar surface area (TPSA) is 9.23 Å². The van der Waals surface area contributed by atoms with Crippen molar-refractivity contribution in [1.82, 2.24) is 0 Å². The molecular weight excluding hydrogens is 511 g/mol. The average molecular weight is 553 g/mol. The highest BCUT2D eigenvalue weighted by Gasteiger charge is 2.26. The van der Waals surface area contributed by atoms with Crippen molar-refractivity contribution < 1.29 is 26.7 Å². The SMILES string of the molecule is CCCCC[SiH]1CCC(CC[C@H]2CC[C@H](c3ccc(-c4cc(F)c(OC(F)F)c(F)c4)c(F)c3)CC2)CC1. The lowest BCUT2D eigenvalue weighted by molar-refractivity contribution is -0.0546. The van der Waals surface area contributed by atoms with Gasteiger partial charge in [-0.05, 0) is 72.8 Å². The molecule has 1 saturated heterocycles. The number of halogens is 5. The molecule has 0 N–H and O–H groups in total. The van der Waals surface area contributed by atoms with E-state index in [1.54, 1.807) is 18.1 Å². The Balaban J connectivity index is 1.25. The highest BCUT2D eigenvalue weighted by molar-refractivity contribution is 6.58. The molecule has 0 spiro atoms. The van der Waals surface area contributed by atoms with Crippen LogP contribution in [0.2, 0.25) is 18.1 Å². The summed E-state index contributed by atoms with van der Waals surface area (Å²) in [6.45, 7) is -1.06. The maximum atomic E-state index is 15.0. The van der Waals surface area contributed by atoms with Gasteiger partial charge in [0.15, 0.2) is 17.4 Å². The van der Waals surface area contributed by atoms with Gasteiger partial charge < -0.3 is 4.74 Å². The fraction of sp³-hybridized carbons (Fsp3) is 0.613. The van der Waals surface area contributed by atoms with Crippen LogP contribution >= 0.6 is 0 Å². The van der Waals surface area contributed by atoms with E-state index in [0.717, 1.165) is 55.2 Å². The first kappa shape index (κ1) is 29.1. The van der Waals surface area contributed by atoms with E-state index in [0.29, 0.717) is 0 Å². The molecular formula is C31H41F5OSi. The lowest BCUT2D eigenvalue weighted by Crippen LogP contribution is -2.22. The standard InChI is InChI=1S/C31H41F5OSi/c1-2-3-4-15-38-16-13-22(14-17-38)6-5-21-7-9-23(10-8-21)24-11-12-26(27(32)18-24)25-19-28(33)30(29(34)20-25)37-31(35)36/h11-12,18-23,31,38H,2-10,13-17H2,1H3/t21-,22?,23-,38?. The Morgan fingerprint density at radius 1 is 0.816 bits per heavy atom. The summed E-state index contributed by atoms with van der Waals surface area (Å²) < 4.78 is 71.9. The van der Waals surface area contributed by atoms with Gasteiger partial charge in [0, 0.05) is 14.4 Å². The Bertz CT molecular complexity index is 1010. The predicted molar refractivity (Wildman–Crippen MR) is 146 cm³/mol. The van der Waals surface area contributed by atoms with Gasteiger partial charge in [-0.3, -0.25) is 0 Å². The van der Waals surface area contributed by atoms with Crippen LogP contribution in [0.4, 0.5) is 22.0 Å². The van der Waals surface area contributed by atoms with E-state index < -0.39 is 38.6 Å². The van der Waals surface area contributed by atoms with Crippen LogP contribution in [0.15, 0.2) is 30.3 Å². The van der Waals surface area contributed by atoms with Crippen molar-refractivity contribution in [1.29, 1.82) is 0 Å². The van der Waals surface area contributed by atoms with Crippen LogP contribution in [-0.4, -0.2) is 15.4 Å². The van der Waals surface area contributed by atoms with Crippen molar-refractivity contribution >= 4 is 8.80 Å². The number of hydrogen-bond donors (Lipinski definition) is 0. The average Bonchev–Trinajstić information content (AvgIpc) is 2.90. The van der Waals surface area contributed by atoms with Crippen molar-refractivity contribution in [2.24, 2.45) is 11.8 Å². The summed E-state index contributed by atoms with van der Waals surface area (Å²) in [5.74, 6) is -2.33. The Kier molecular flexibility index (Phi) is 10.7. The maximum Gasteiger partial charge on any atom is 0.387 e. The summed E-state index contributed by atoms with van der Waals surface area (Å²) in [7, 11) is -0.440. The lowest BCUT2D eigenvalue weighted by atomic mass is 9.76. The van der Waals surface area contributed by atoms with Crippen molar-refractivity contribution in [3.8, 4) is 16.9 Å². The van der Waals surface area contributed by atoms with Crippen LogP contribution in [0.25, 0.3) is 11.1 Å². The monoisotopic (exact) mass is 552 g/mol. The Hall–Kier alpha value is -1.89. The van der Waals surface area contributed by atoms with Crippen LogP contribution < -0.4 is 4.74 Å². The van der Waals surface area contributed by atoms with E-state index in [4.69, 9.17) is 0 Å². The smallest absolute Gasteiger partial charge is 0.387 e. The van der Waals surface area contributed by atoms with Crippen LogP contribution in [-0.2, 0) is 0 Å². The number of rotatable bonds is 11. The molecule has 4 rings (SSSR count). The first-order chi connectivity index (χ1) is 18.3. The minimum absolute atomic E-state index is 0.0342. The molecule has 0 radical (unpaired) electrons. The number of unbranched alkanes of at least 4 members (excludes halogenated alkanes) is 2. The summed E-state index contributed by atoms with van der Waals surface area (Å²) in [5.41, 5.74) is 0.897. The third-order valence-corrected chi connectivity index (χ3v) is 12.5. The molecule has 1 aliphatic heterocycles. The highest BCUT2D eigenvalue weighted by Crippen LogP contribution is 2.41. The van der Waals surface area contributed by atoms with Crippen LogP contribution in [0.5, 0.6) is 5.75 Å². The zero-order valence-corrected chi connectivity index (χ0v) is 23.6. The van der Waals surface area contributed by atoms with Crippen LogP contribution in [0.3, 0.4) is 0 Å². The molecule has 7 heteroatoms. The third kappa shape index (κ3) is 7.83. The van der Waals surface area contributed by atoms with Gasteiger partial charge in [-0.15, -0.1) is 0 Å². The molecule has 0 amide bonds. The van der Waals surface area contributed by atoms with Gasteiger partial charge in [0.25, 0.3) is 0 Å². The number of alkyl halides is 2. The molecule has 1 aliphatic carbocycles. The van der Waals surface area contributed by atoms with Crippen molar-refractivity contribution in [3.63, 3.8) is 0 Å². The van der Waals surface area contributed by atoms with Crippen molar-refractivity contribution in [2.45, 2.75) is 108 Å². The lowest BCUT2D eigenvalue weighted by Gasteiger charge is -2.32. The van der Waals surface area contributed by atoms with Gasteiger partial charge in [0.05, 0.1) is 0 Å². The second-order valence-corrected chi connectivity index (χ2v) is 15.0. The molecule has 210 valence electrons. The first-order valence-electron chi connectivity index (χ1n) is 14.6. The van der Waals surface area contributed by atoms with E-state index in [-0.39, 0.29) is 17.0 Å². The van der Waals surface area contributed by atoms with Crippen molar-refractivity contribution in [3.05, 3.63) is 53.3 Å². The molecule has 2 aromatic carbocycles. The zero-order valence-electron chi connectivity index (χ0n) is 22.5. The Labute approximate surface area is 225 Å². The second kappa shape index (κ2) is 13.9. The zero-order chi connectivity index (χ0) is 27.1. The fourth-order valence-corrected chi connectivity index (χ4v) is 10.3. The van der Waals surface area contributed by atoms with Crippen LogP contribution in [0, 0.1) is 29.3 Å². The molecule has 0 unspecified atom stereocenters. The van der Waals surface area contributed by atoms with E-state index in [2.05, 4.69) is 11.7 Å². The number of hydrogen-bond acceptors (Lipinski definition) is 1. The van der Waals surface area contributed by atoms with E-state index in [9.17, 15) is 22.0 Å². The van der Waals surface area contributed by atoms with Gasteiger partial charge in [0.1, 0.15) is 5.82 Å². The van der Waals surface area contributed by atoms with E-state index in [1.165, 1.54) is 57.1 Å². The first-order valence-corrected chi connectivity index (χ1v) is 17.0. The summed E-state index contributed by atoms with van der Waals surface area (Å²) in [6, 6.07) is 11.1. The normalized spacial score (nSPS) is 24.1. The predicted octanol–water partition coefficient (Wildman–Crippen LogP) is 10.3. The largest absolute Gasteiger partial charge is 0.429 e. The van der Waals surface area contributed by atoms with E-state index >= 15 is 0 Å². The van der Waals surface area contributed by atoms with E-state index in [1.807, 2.05) is 6.07 Å². The van der Waals surface area contributed by atoms with Crippen molar-refractivity contribution in [2.75, 3.05) is 0 Å². The molecule has 0 aromatic heterocycles. The molecule has 0 bridgehead atoms. The molecule has 1 nitrogen and oxygen atoms in total. The molecule has 2 aliphatic rings. The van der Waals surface area contributed by atoms with Gasteiger partial charge in [-0.1, -0.05) is 82.1 Å². The maximum absolute atomic E-state index is 15.0. The van der Waals surface area contributed by atoms with Crippen LogP contribution in [0.1, 0.15) is 89.0 Å².